The number of carbonyl (C=O) groups excluding carboxylic acids is 2. The number of amides is 2. The van der Waals surface area contributed by atoms with Crippen molar-refractivity contribution in [3.05, 3.63) is 71.9 Å². The molecule has 1 aliphatic rings. The molecule has 2 aromatic heterocycles. The summed E-state index contributed by atoms with van der Waals surface area (Å²) in [5.41, 5.74) is 2.96. The molecule has 150 valence electrons. The third kappa shape index (κ3) is 3.97. The summed E-state index contributed by atoms with van der Waals surface area (Å²) in [5, 5.41) is 0. The zero-order valence-electron chi connectivity index (χ0n) is 16.9. The molecular weight excluding hydrogens is 364 g/mol. The van der Waals surface area contributed by atoms with Crippen LogP contribution in [0.25, 0.3) is 5.52 Å². The molecular formula is C23H26N4O2. The van der Waals surface area contributed by atoms with E-state index >= 15 is 0 Å². The zero-order chi connectivity index (χ0) is 20.4. The molecule has 0 atom stereocenters. The number of fused-ring (bicyclic) bond motifs is 1. The number of hydrogen-bond donors (Lipinski definition) is 0. The Morgan fingerprint density at radius 1 is 0.897 bits per heavy atom. The second kappa shape index (κ2) is 7.99. The molecule has 0 unspecified atom stereocenters. The fourth-order valence-corrected chi connectivity index (χ4v) is 3.87. The van der Waals surface area contributed by atoms with Crippen LogP contribution in [-0.2, 0) is 11.3 Å². The molecule has 0 bridgehead atoms. The van der Waals surface area contributed by atoms with E-state index in [0.29, 0.717) is 31.7 Å². The van der Waals surface area contributed by atoms with Gasteiger partial charge in [-0.25, -0.2) is 0 Å². The van der Waals surface area contributed by atoms with Crippen molar-refractivity contribution < 1.29 is 9.59 Å². The first-order valence-electron chi connectivity index (χ1n) is 9.94. The van der Waals surface area contributed by atoms with Crippen LogP contribution in [0.3, 0.4) is 0 Å². The van der Waals surface area contributed by atoms with Crippen LogP contribution in [-0.4, -0.2) is 59.2 Å². The standard InChI is InChI=1S/C23H26N4O2/c1-18(28)25-12-14-26(15-13-25)23(29)20-8-9-21-10-11-22(27(21)17-20)24(2)16-19-6-4-3-5-7-19/h3-11,17H,12-16H2,1-2H3. The average molecular weight is 390 g/mol. The number of aromatic nitrogens is 1. The van der Waals surface area contributed by atoms with Crippen molar-refractivity contribution in [1.82, 2.24) is 14.2 Å². The molecule has 6 heteroatoms. The number of pyridine rings is 1. The van der Waals surface area contributed by atoms with Gasteiger partial charge >= 0.3 is 0 Å². The van der Waals surface area contributed by atoms with Crippen LogP contribution in [0.15, 0.2) is 60.8 Å². The molecule has 4 rings (SSSR count). The van der Waals surface area contributed by atoms with Crippen LogP contribution in [0.1, 0.15) is 22.8 Å². The predicted octanol–water partition coefficient (Wildman–Crippen LogP) is 2.88. The maximum atomic E-state index is 13.0. The zero-order valence-corrected chi connectivity index (χ0v) is 16.9. The van der Waals surface area contributed by atoms with E-state index in [2.05, 4.69) is 40.6 Å². The number of hydrogen-bond acceptors (Lipinski definition) is 3. The first-order valence-corrected chi connectivity index (χ1v) is 9.94. The molecule has 1 fully saturated rings. The Kier molecular flexibility index (Phi) is 5.25. The Labute approximate surface area is 170 Å². The third-order valence-electron chi connectivity index (χ3n) is 5.54. The van der Waals surface area contributed by atoms with E-state index in [1.54, 1.807) is 11.8 Å². The molecule has 0 aliphatic carbocycles. The summed E-state index contributed by atoms with van der Waals surface area (Å²) in [6, 6.07) is 18.3. The first kappa shape index (κ1) is 19.1. The Hall–Kier alpha value is -3.28. The van der Waals surface area contributed by atoms with E-state index in [1.807, 2.05) is 41.4 Å². The topological polar surface area (TPSA) is 48.3 Å². The molecule has 0 N–H and O–H groups in total. The van der Waals surface area contributed by atoms with Gasteiger partial charge in [-0.2, -0.15) is 0 Å². The minimum absolute atomic E-state index is 0.0143. The first-order chi connectivity index (χ1) is 14.0. The fraction of sp³-hybridized carbons (Fsp3) is 0.304. The van der Waals surface area contributed by atoms with Gasteiger partial charge in [0.1, 0.15) is 5.82 Å². The second-order valence-electron chi connectivity index (χ2n) is 7.54. The highest BCUT2D eigenvalue weighted by Crippen LogP contribution is 2.22. The third-order valence-corrected chi connectivity index (χ3v) is 5.54. The highest BCUT2D eigenvalue weighted by atomic mass is 16.2. The van der Waals surface area contributed by atoms with Gasteiger partial charge in [-0.1, -0.05) is 30.3 Å². The van der Waals surface area contributed by atoms with Crippen LogP contribution in [0.5, 0.6) is 0 Å². The van der Waals surface area contributed by atoms with Gasteiger partial charge in [-0.3, -0.25) is 9.59 Å². The van der Waals surface area contributed by atoms with Crippen LogP contribution < -0.4 is 4.90 Å². The van der Waals surface area contributed by atoms with Crippen molar-refractivity contribution in [2.75, 3.05) is 38.1 Å². The summed E-state index contributed by atoms with van der Waals surface area (Å²) in [6.07, 6.45) is 1.92. The van der Waals surface area contributed by atoms with Gasteiger partial charge in [0.25, 0.3) is 5.91 Å². The minimum Gasteiger partial charge on any atom is -0.356 e. The number of anilines is 1. The Bertz CT molecular complexity index is 1020. The molecule has 1 aromatic carbocycles. The summed E-state index contributed by atoms with van der Waals surface area (Å²) in [7, 11) is 2.06. The van der Waals surface area contributed by atoms with Gasteiger partial charge in [0.15, 0.2) is 0 Å². The summed E-state index contributed by atoms with van der Waals surface area (Å²) in [5.74, 6) is 1.12. The van der Waals surface area contributed by atoms with Crippen molar-refractivity contribution in [2.45, 2.75) is 13.5 Å². The van der Waals surface area contributed by atoms with Crippen LogP contribution in [0, 0.1) is 0 Å². The second-order valence-corrected chi connectivity index (χ2v) is 7.54. The maximum absolute atomic E-state index is 13.0. The lowest BCUT2D eigenvalue weighted by molar-refractivity contribution is -0.130. The molecule has 0 radical (unpaired) electrons. The summed E-state index contributed by atoms with van der Waals surface area (Å²) in [6.45, 7) is 4.70. The maximum Gasteiger partial charge on any atom is 0.255 e. The number of carbonyl (C=O) groups is 2. The smallest absolute Gasteiger partial charge is 0.255 e. The number of piperazine rings is 1. The average Bonchev–Trinajstić information content (AvgIpc) is 3.17. The Morgan fingerprint density at radius 2 is 1.55 bits per heavy atom. The SMILES string of the molecule is CC(=O)N1CCN(C(=O)c2ccc3ccc(N(C)Cc4ccccc4)n3c2)CC1. The van der Waals surface area contributed by atoms with Gasteiger partial charge in [-0.15, -0.1) is 0 Å². The van der Waals surface area contributed by atoms with E-state index in [0.717, 1.165) is 17.9 Å². The van der Waals surface area contributed by atoms with Gasteiger partial charge < -0.3 is 19.1 Å². The van der Waals surface area contributed by atoms with Crippen molar-refractivity contribution >= 4 is 23.1 Å². The van der Waals surface area contributed by atoms with E-state index in [4.69, 9.17) is 0 Å². The van der Waals surface area contributed by atoms with Gasteiger partial charge in [0.2, 0.25) is 5.91 Å². The fourth-order valence-electron chi connectivity index (χ4n) is 3.87. The molecule has 3 aromatic rings. The van der Waals surface area contributed by atoms with Crippen molar-refractivity contribution in [3.8, 4) is 0 Å². The Morgan fingerprint density at radius 3 is 2.24 bits per heavy atom. The molecule has 29 heavy (non-hydrogen) atoms. The molecule has 0 saturated carbocycles. The molecule has 6 nitrogen and oxygen atoms in total. The van der Waals surface area contributed by atoms with E-state index < -0.39 is 0 Å². The largest absolute Gasteiger partial charge is 0.356 e. The van der Waals surface area contributed by atoms with E-state index in [9.17, 15) is 9.59 Å². The predicted molar refractivity (Wildman–Crippen MR) is 114 cm³/mol. The van der Waals surface area contributed by atoms with Crippen molar-refractivity contribution in [2.24, 2.45) is 0 Å². The number of rotatable bonds is 4. The van der Waals surface area contributed by atoms with Crippen molar-refractivity contribution in [3.63, 3.8) is 0 Å². The van der Waals surface area contributed by atoms with Crippen LogP contribution >= 0.6 is 0 Å². The molecule has 3 heterocycles. The van der Waals surface area contributed by atoms with Gasteiger partial charge in [0, 0.05) is 58.4 Å². The lowest BCUT2D eigenvalue weighted by atomic mass is 10.2. The summed E-state index contributed by atoms with van der Waals surface area (Å²) in [4.78, 5) is 30.3. The lowest BCUT2D eigenvalue weighted by Crippen LogP contribution is -2.50. The monoisotopic (exact) mass is 390 g/mol. The lowest BCUT2D eigenvalue weighted by Gasteiger charge is -2.34. The number of nitrogens with zero attached hydrogens (tertiary/aromatic N) is 4. The minimum atomic E-state index is 0.0143. The van der Waals surface area contributed by atoms with Crippen LogP contribution in [0.4, 0.5) is 5.82 Å². The highest BCUT2D eigenvalue weighted by Gasteiger charge is 2.23. The van der Waals surface area contributed by atoms with Crippen LogP contribution in [0.2, 0.25) is 0 Å². The molecule has 1 aliphatic heterocycles. The molecule has 1 saturated heterocycles. The van der Waals surface area contributed by atoms with E-state index in [1.165, 1.54) is 5.56 Å². The summed E-state index contributed by atoms with van der Waals surface area (Å²) >= 11 is 0. The Balaban J connectivity index is 1.54. The quantitative estimate of drug-likeness (QED) is 0.688. The highest BCUT2D eigenvalue weighted by molar-refractivity contribution is 5.94. The molecule has 2 amide bonds. The normalized spacial score (nSPS) is 14.3. The van der Waals surface area contributed by atoms with Crippen molar-refractivity contribution in [1.29, 1.82) is 0 Å². The van der Waals surface area contributed by atoms with Gasteiger partial charge in [-0.05, 0) is 29.8 Å². The van der Waals surface area contributed by atoms with Gasteiger partial charge in [0.05, 0.1) is 5.56 Å². The summed E-state index contributed by atoms with van der Waals surface area (Å²) < 4.78 is 2.07. The van der Waals surface area contributed by atoms with E-state index in [-0.39, 0.29) is 11.8 Å². The molecule has 0 spiro atoms. The number of benzene rings is 1.